The number of fused-ring (bicyclic) bond motifs is 2. The summed E-state index contributed by atoms with van der Waals surface area (Å²) in [6.07, 6.45) is 4.88. The van der Waals surface area contributed by atoms with E-state index in [1.54, 1.807) is 6.92 Å². The molecule has 172 valence electrons. The van der Waals surface area contributed by atoms with Gasteiger partial charge in [0.25, 0.3) is 0 Å². The van der Waals surface area contributed by atoms with E-state index in [4.69, 9.17) is 15.2 Å². The van der Waals surface area contributed by atoms with Gasteiger partial charge in [0.1, 0.15) is 24.0 Å². The average molecular weight is 426 g/mol. The molecular weight excluding hydrogens is 386 g/mol. The van der Waals surface area contributed by atoms with Gasteiger partial charge in [0.05, 0.1) is 25.0 Å². The molecule has 5 aliphatic rings. The lowest BCUT2D eigenvalue weighted by Crippen LogP contribution is -2.64. The molecule has 0 aromatic heterocycles. The predicted octanol–water partition coefficient (Wildman–Crippen LogP) is -1.16. The SMILES string of the molecule is C[C@@]1(O)[C@@H](COC2CCC3CCCNC3C2)O[C@@H](N2CCC3C(N)NCNC32)[C@@H]1O. The summed E-state index contributed by atoms with van der Waals surface area (Å²) in [4.78, 5) is 2.13. The fraction of sp³-hybridized carbons (Fsp3) is 1.00. The van der Waals surface area contributed by atoms with Crippen molar-refractivity contribution in [2.24, 2.45) is 17.6 Å². The number of ether oxygens (including phenoxy) is 2. The van der Waals surface area contributed by atoms with Crippen LogP contribution in [0.25, 0.3) is 0 Å². The number of likely N-dealkylation sites (tertiary alicyclic amines) is 1. The van der Waals surface area contributed by atoms with E-state index in [2.05, 4.69) is 20.9 Å². The third-order valence-electron chi connectivity index (χ3n) is 8.33. The van der Waals surface area contributed by atoms with E-state index in [9.17, 15) is 10.2 Å². The molecule has 9 nitrogen and oxygen atoms in total. The molecule has 1 saturated carbocycles. The van der Waals surface area contributed by atoms with Gasteiger partial charge in [-0.1, -0.05) is 0 Å². The van der Waals surface area contributed by atoms with E-state index in [0.29, 0.717) is 19.3 Å². The molecule has 7 N–H and O–H groups in total. The van der Waals surface area contributed by atoms with E-state index in [-0.39, 0.29) is 24.4 Å². The van der Waals surface area contributed by atoms with Gasteiger partial charge in [-0.25, -0.2) is 0 Å². The van der Waals surface area contributed by atoms with E-state index in [0.717, 1.165) is 38.3 Å². The molecule has 5 fully saturated rings. The Kier molecular flexibility index (Phi) is 6.11. The standard InChI is InChI=1S/C21H39N5O4/c1-21(28)16(10-29-13-5-4-12-3-2-7-23-15(12)9-13)30-20(17(21)27)26-8-6-14-18(22)24-11-25-19(14)26/h12-20,23-25,27-28H,2-11,22H2,1H3/t12?,13?,14?,15?,16-,17+,18?,19?,20-,21-/m1/s1. The van der Waals surface area contributed by atoms with Crippen molar-refractivity contribution >= 4 is 0 Å². The van der Waals surface area contributed by atoms with Gasteiger partial charge in [-0.05, 0) is 57.9 Å². The minimum Gasteiger partial charge on any atom is -0.386 e. The lowest BCUT2D eigenvalue weighted by Gasteiger charge is -2.40. The maximum atomic E-state index is 11.1. The second-order valence-corrected chi connectivity index (χ2v) is 10.2. The minimum atomic E-state index is -1.35. The molecule has 6 unspecified atom stereocenters. The molecule has 0 aromatic carbocycles. The molecule has 0 spiro atoms. The van der Waals surface area contributed by atoms with Gasteiger partial charge < -0.3 is 30.7 Å². The van der Waals surface area contributed by atoms with Crippen molar-refractivity contribution in [2.75, 3.05) is 26.4 Å². The van der Waals surface area contributed by atoms with Crippen LogP contribution < -0.4 is 21.7 Å². The second-order valence-electron chi connectivity index (χ2n) is 10.2. The summed E-state index contributed by atoms with van der Waals surface area (Å²) in [5, 5.41) is 32.3. The van der Waals surface area contributed by atoms with Crippen molar-refractivity contribution < 1.29 is 19.7 Å². The van der Waals surface area contributed by atoms with Gasteiger partial charge in [0.2, 0.25) is 0 Å². The summed E-state index contributed by atoms with van der Waals surface area (Å²) < 4.78 is 12.5. The fourth-order valence-electron chi connectivity index (χ4n) is 6.35. The second kappa shape index (κ2) is 8.53. The van der Waals surface area contributed by atoms with Gasteiger partial charge in [-0.3, -0.25) is 15.5 Å². The first-order valence-corrected chi connectivity index (χ1v) is 11.8. The summed E-state index contributed by atoms with van der Waals surface area (Å²) >= 11 is 0. The van der Waals surface area contributed by atoms with Crippen LogP contribution in [0.3, 0.4) is 0 Å². The summed E-state index contributed by atoms with van der Waals surface area (Å²) in [6.45, 7) is 4.48. The molecule has 5 rings (SSSR count). The van der Waals surface area contributed by atoms with Crippen LogP contribution in [0.2, 0.25) is 0 Å². The Hall–Kier alpha value is -0.360. The molecule has 9 heteroatoms. The largest absolute Gasteiger partial charge is 0.386 e. The van der Waals surface area contributed by atoms with Crippen LogP contribution in [0, 0.1) is 11.8 Å². The Bertz CT molecular complexity index is 610. The first-order valence-electron chi connectivity index (χ1n) is 11.8. The van der Waals surface area contributed by atoms with E-state index in [1.807, 2.05) is 0 Å². The third-order valence-corrected chi connectivity index (χ3v) is 8.33. The van der Waals surface area contributed by atoms with Crippen LogP contribution in [-0.2, 0) is 9.47 Å². The van der Waals surface area contributed by atoms with Crippen LogP contribution >= 0.6 is 0 Å². The Morgan fingerprint density at radius 1 is 1.20 bits per heavy atom. The van der Waals surface area contributed by atoms with Gasteiger partial charge in [0, 0.05) is 25.2 Å². The molecular formula is C21H39N5O4. The molecule has 4 heterocycles. The molecule has 4 saturated heterocycles. The monoisotopic (exact) mass is 425 g/mol. The normalized spacial score (nSPS) is 52.2. The fourth-order valence-corrected chi connectivity index (χ4v) is 6.35. The number of nitrogens with zero attached hydrogens (tertiary/aromatic N) is 1. The molecule has 30 heavy (non-hydrogen) atoms. The maximum Gasteiger partial charge on any atom is 0.141 e. The van der Waals surface area contributed by atoms with Crippen molar-refractivity contribution in [1.29, 1.82) is 0 Å². The zero-order chi connectivity index (χ0) is 20.9. The molecule has 4 aliphatic heterocycles. The van der Waals surface area contributed by atoms with Gasteiger partial charge >= 0.3 is 0 Å². The highest BCUT2D eigenvalue weighted by Crippen LogP contribution is 2.39. The number of rotatable bonds is 4. The lowest BCUT2D eigenvalue weighted by molar-refractivity contribution is -0.130. The van der Waals surface area contributed by atoms with Crippen LogP contribution in [0.5, 0.6) is 0 Å². The van der Waals surface area contributed by atoms with Crippen LogP contribution in [-0.4, -0.2) is 90.0 Å². The Labute approximate surface area is 179 Å². The van der Waals surface area contributed by atoms with Crippen LogP contribution in [0.15, 0.2) is 0 Å². The van der Waals surface area contributed by atoms with Crippen molar-refractivity contribution in [3.8, 4) is 0 Å². The van der Waals surface area contributed by atoms with Gasteiger partial charge in [-0.2, -0.15) is 0 Å². The summed E-state index contributed by atoms with van der Waals surface area (Å²) in [5.41, 5.74) is 4.87. The predicted molar refractivity (Wildman–Crippen MR) is 111 cm³/mol. The number of aliphatic hydroxyl groups is 2. The number of nitrogens with one attached hydrogen (secondary N) is 3. The number of nitrogens with two attached hydrogens (primary N) is 1. The van der Waals surface area contributed by atoms with Crippen LogP contribution in [0.1, 0.15) is 45.4 Å². The Balaban J connectivity index is 1.19. The minimum absolute atomic E-state index is 0.0454. The van der Waals surface area contributed by atoms with Gasteiger partial charge in [0.15, 0.2) is 0 Å². The van der Waals surface area contributed by atoms with Crippen molar-refractivity contribution in [3.05, 3.63) is 0 Å². The zero-order valence-corrected chi connectivity index (χ0v) is 18.0. The molecule has 0 amide bonds. The maximum absolute atomic E-state index is 11.1. The summed E-state index contributed by atoms with van der Waals surface area (Å²) in [7, 11) is 0. The first-order chi connectivity index (χ1) is 14.4. The van der Waals surface area contributed by atoms with E-state index >= 15 is 0 Å². The van der Waals surface area contributed by atoms with Gasteiger partial charge in [-0.15, -0.1) is 0 Å². The van der Waals surface area contributed by atoms with E-state index in [1.165, 1.54) is 19.3 Å². The Morgan fingerprint density at radius 3 is 2.93 bits per heavy atom. The quantitative estimate of drug-likeness (QED) is 0.331. The number of aliphatic hydroxyl groups excluding tert-OH is 1. The summed E-state index contributed by atoms with van der Waals surface area (Å²) in [6, 6.07) is 0.553. The highest BCUT2D eigenvalue weighted by Gasteiger charge is 2.57. The molecule has 0 aromatic rings. The smallest absolute Gasteiger partial charge is 0.141 e. The van der Waals surface area contributed by atoms with Crippen molar-refractivity contribution in [1.82, 2.24) is 20.9 Å². The zero-order valence-electron chi connectivity index (χ0n) is 18.0. The molecule has 0 radical (unpaired) electrons. The molecule has 1 aliphatic carbocycles. The third kappa shape index (κ3) is 3.82. The topological polar surface area (TPSA) is 124 Å². The van der Waals surface area contributed by atoms with E-state index < -0.39 is 24.0 Å². The summed E-state index contributed by atoms with van der Waals surface area (Å²) in [5.74, 6) is 1.04. The van der Waals surface area contributed by atoms with Crippen LogP contribution in [0.4, 0.5) is 0 Å². The number of hydrogen-bond donors (Lipinski definition) is 6. The number of hydrogen-bond acceptors (Lipinski definition) is 9. The van der Waals surface area contributed by atoms with Crippen molar-refractivity contribution in [2.45, 2.75) is 94.0 Å². The van der Waals surface area contributed by atoms with Crippen molar-refractivity contribution in [3.63, 3.8) is 0 Å². The highest BCUT2D eigenvalue weighted by molar-refractivity contribution is 5.04. The molecule has 10 atom stereocenters. The molecule has 0 bridgehead atoms. The highest BCUT2D eigenvalue weighted by atomic mass is 16.6. The average Bonchev–Trinajstić information content (AvgIpc) is 3.27. The Morgan fingerprint density at radius 2 is 2.07 bits per heavy atom. The first kappa shape index (κ1) is 21.5. The lowest BCUT2D eigenvalue weighted by atomic mass is 9.78. The number of piperidine rings is 1.